The van der Waals surface area contributed by atoms with E-state index in [9.17, 15) is 18.0 Å². The van der Waals surface area contributed by atoms with E-state index in [4.69, 9.17) is 0 Å². The number of amides is 1. The Bertz CT molecular complexity index is 719. The molecule has 1 aromatic carbocycles. The van der Waals surface area contributed by atoms with E-state index in [1.165, 1.54) is 11.4 Å². The Morgan fingerprint density at radius 3 is 2.30 bits per heavy atom. The van der Waals surface area contributed by atoms with Crippen molar-refractivity contribution >= 4 is 27.6 Å². The first-order chi connectivity index (χ1) is 10.9. The van der Waals surface area contributed by atoms with Crippen LogP contribution in [0.5, 0.6) is 0 Å². The van der Waals surface area contributed by atoms with Gasteiger partial charge in [-0.1, -0.05) is 0 Å². The highest BCUT2D eigenvalue weighted by Gasteiger charge is 2.46. The lowest BCUT2D eigenvalue weighted by Crippen LogP contribution is -2.55. The summed E-state index contributed by atoms with van der Waals surface area (Å²) in [5.41, 5.74) is 0.960. The Balaban J connectivity index is 1.53. The first-order valence-electron chi connectivity index (χ1n) is 7.40. The van der Waals surface area contributed by atoms with Crippen molar-refractivity contribution in [3.05, 3.63) is 29.8 Å². The van der Waals surface area contributed by atoms with Crippen molar-refractivity contribution in [2.45, 2.75) is 18.1 Å². The van der Waals surface area contributed by atoms with E-state index in [0.717, 1.165) is 12.8 Å². The number of nitrogens with zero attached hydrogens (tertiary/aromatic N) is 1. The van der Waals surface area contributed by atoms with Crippen LogP contribution in [-0.2, 0) is 19.6 Å². The molecule has 1 amide bonds. The van der Waals surface area contributed by atoms with Crippen LogP contribution in [-0.4, -0.2) is 50.0 Å². The van der Waals surface area contributed by atoms with Gasteiger partial charge >= 0.3 is 5.97 Å². The summed E-state index contributed by atoms with van der Waals surface area (Å²) in [4.78, 5) is 23.4. The predicted molar refractivity (Wildman–Crippen MR) is 83.4 cm³/mol. The summed E-state index contributed by atoms with van der Waals surface area (Å²) in [5.74, 6) is -0.982. The van der Waals surface area contributed by atoms with Crippen molar-refractivity contribution in [1.29, 1.82) is 0 Å². The normalized spacial score (nSPS) is 19.0. The Morgan fingerprint density at radius 1 is 1.17 bits per heavy atom. The zero-order valence-corrected chi connectivity index (χ0v) is 13.5. The number of hydrogen-bond acceptors (Lipinski definition) is 5. The average Bonchev–Trinajstić information content (AvgIpc) is 3.30. The highest BCUT2D eigenvalue weighted by atomic mass is 32.2. The number of methoxy groups -OCH3 is 1. The summed E-state index contributed by atoms with van der Waals surface area (Å²) in [7, 11) is -1.88. The topological polar surface area (TPSA) is 92.8 Å². The van der Waals surface area contributed by atoms with Gasteiger partial charge in [-0.25, -0.2) is 13.2 Å². The highest BCUT2D eigenvalue weighted by Crippen LogP contribution is 2.34. The molecule has 0 spiro atoms. The second kappa shape index (κ2) is 5.93. The molecule has 0 radical (unpaired) electrons. The monoisotopic (exact) mass is 338 g/mol. The number of carbonyl (C=O) groups is 2. The van der Waals surface area contributed by atoms with E-state index in [1.807, 2.05) is 0 Å². The lowest BCUT2D eigenvalue weighted by Gasteiger charge is -2.37. The molecule has 0 aromatic heterocycles. The standard InChI is InChI=1S/C15H18N2O5S/c1-22-15(19)10-2-4-12(5-3-10)16-14(18)11-8-17(9-11)23(20,21)13-6-7-13/h2-5,11,13H,6-9H2,1H3,(H,16,18). The number of ether oxygens (including phenoxy) is 1. The Labute approximate surface area is 134 Å². The number of rotatable bonds is 5. The minimum atomic E-state index is -3.18. The van der Waals surface area contributed by atoms with Crippen molar-refractivity contribution < 1.29 is 22.7 Å². The van der Waals surface area contributed by atoms with Gasteiger partial charge < -0.3 is 10.1 Å². The SMILES string of the molecule is COC(=O)c1ccc(NC(=O)C2CN(S(=O)(=O)C3CC3)C2)cc1. The zero-order valence-electron chi connectivity index (χ0n) is 12.7. The molecule has 8 heteroatoms. The molecule has 1 N–H and O–H groups in total. The second-order valence-corrected chi connectivity index (χ2v) is 8.03. The van der Waals surface area contributed by atoms with Crippen LogP contribution in [0.1, 0.15) is 23.2 Å². The minimum absolute atomic E-state index is 0.210. The Morgan fingerprint density at radius 2 is 1.78 bits per heavy atom. The van der Waals surface area contributed by atoms with Crippen LogP contribution in [0.15, 0.2) is 24.3 Å². The molecule has 1 heterocycles. The number of benzene rings is 1. The van der Waals surface area contributed by atoms with Crippen molar-refractivity contribution in [2.24, 2.45) is 5.92 Å². The average molecular weight is 338 g/mol. The van der Waals surface area contributed by atoms with Crippen molar-refractivity contribution in [3.63, 3.8) is 0 Å². The molecule has 2 aliphatic rings. The minimum Gasteiger partial charge on any atom is -0.465 e. The molecule has 7 nitrogen and oxygen atoms in total. The van der Waals surface area contributed by atoms with Gasteiger partial charge in [0.25, 0.3) is 0 Å². The van der Waals surface area contributed by atoms with Crippen LogP contribution in [0.25, 0.3) is 0 Å². The van der Waals surface area contributed by atoms with Crippen molar-refractivity contribution in [1.82, 2.24) is 4.31 Å². The quantitative estimate of drug-likeness (QED) is 0.803. The van der Waals surface area contributed by atoms with Gasteiger partial charge in [0.05, 0.1) is 23.8 Å². The Kier molecular flexibility index (Phi) is 4.11. The molecule has 0 unspecified atom stereocenters. The first-order valence-corrected chi connectivity index (χ1v) is 8.90. The molecular formula is C15H18N2O5S. The van der Waals surface area contributed by atoms with Crippen LogP contribution >= 0.6 is 0 Å². The van der Waals surface area contributed by atoms with Gasteiger partial charge in [-0.3, -0.25) is 4.79 Å². The number of nitrogens with one attached hydrogen (secondary N) is 1. The van der Waals surface area contributed by atoms with Gasteiger partial charge in [0.15, 0.2) is 0 Å². The van der Waals surface area contributed by atoms with Crippen LogP contribution in [0, 0.1) is 5.92 Å². The molecule has 1 aromatic rings. The lowest BCUT2D eigenvalue weighted by molar-refractivity contribution is -0.122. The van der Waals surface area contributed by atoms with E-state index in [1.54, 1.807) is 24.3 Å². The third kappa shape index (κ3) is 3.23. The molecule has 0 bridgehead atoms. The lowest BCUT2D eigenvalue weighted by atomic mass is 10.0. The van der Waals surface area contributed by atoms with Crippen molar-refractivity contribution in [2.75, 3.05) is 25.5 Å². The summed E-state index contributed by atoms with van der Waals surface area (Å²) in [6.45, 7) is 0.482. The van der Waals surface area contributed by atoms with E-state index in [-0.39, 0.29) is 30.2 Å². The summed E-state index contributed by atoms with van der Waals surface area (Å²) >= 11 is 0. The predicted octanol–water partition coefficient (Wildman–Crippen LogP) is 0.836. The molecule has 23 heavy (non-hydrogen) atoms. The maximum absolute atomic E-state index is 12.1. The summed E-state index contributed by atoms with van der Waals surface area (Å²) < 4.78 is 29.9. The third-order valence-corrected chi connectivity index (χ3v) is 6.43. The first kappa shape index (κ1) is 15.9. The van der Waals surface area contributed by atoms with Gasteiger partial charge in [0, 0.05) is 18.8 Å². The van der Waals surface area contributed by atoms with Crippen LogP contribution < -0.4 is 5.32 Å². The molecule has 2 fully saturated rings. The van der Waals surface area contributed by atoms with Gasteiger partial charge in [0.1, 0.15) is 0 Å². The molecule has 0 atom stereocenters. The largest absolute Gasteiger partial charge is 0.465 e. The number of sulfonamides is 1. The summed E-state index contributed by atoms with van der Waals surface area (Å²) in [6, 6.07) is 6.35. The summed E-state index contributed by atoms with van der Waals surface area (Å²) in [6.07, 6.45) is 1.45. The smallest absolute Gasteiger partial charge is 0.337 e. The molecular weight excluding hydrogens is 320 g/mol. The third-order valence-electron chi connectivity index (χ3n) is 4.10. The van der Waals surface area contributed by atoms with E-state index < -0.39 is 16.0 Å². The number of esters is 1. The van der Waals surface area contributed by atoms with Gasteiger partial charge in [-0.15, -0.1) is 0 Å². The van der Waals surface area contributed by atoms with Gasteiger partial charge in [-0.05, 0) is 37.1 Å². The van der Waals surface area contributed by atoms with Crippen molar-refractivity contribution in [3.8, 4) is 0 Å². The molecule has 1 saturated carbocycles. The Hall–Kier alpha value is -1.93. The van der Waals surface area contributed by atoms with Crippen LogP contribution in [0.2, 0.25) is 0 Å². The number of hydrogen-bond donors (Lipinski definition) is 1. The number of anilines is 1. The van der Waals surface area contributed by atoms with E-state index >= 15 is 0 Å². The molecule has 1 aliphatic heterocycles. The fraction of sp³-hybridized carbons (Fsp3) is 0.467. The maximum Gasteiger partial charge on any atom is 0.337 e. The fourth-order valence-electron chi connectivity index (χ4n) is 2.44. The molecule has 1 aliphatic carbocycles. The molecule has 3 rings (SSSR count). The molecule has 124 valence electrons. The van der Waals surface area contributed by atoms with E-state index in [0.29, 0.717) is 11.3 Å². The summed E-state index contributed by atoms with van der Waals surface area (Å²) in [5, 5.41) is 2.49. The van der Waals surface area contributed by atoms with E-state index in [2.05, 4.69) is 10.1 Å². The fourth-order valence-corrected chi connectivity index (χ4v) is 4.37. The van der Waals surface area contributed by atoms with Gasteiger partial charge in [0.2, 0.25) is 15.9 Å². The zero-order chi connectivity index (χ0) is 16.6. The van der Waals surface area contributed by atoms with Crippen LogP contribution in [0.3, 0.4) is 0 Å². The maximum atomic E-state index is 12.1. The number of carbonyl (C=O) groups excluding carboxylic acids is 2. The van der Waals surface area contributed by atoms with Gasteiger partial charge in [-0.2, -0.15) is 4.31 Å². The highest BCUT2D eigenvalue weighted by molar-refractivity contribution is 7.90. The second-order valence-electron chi connectivity index (χ2n) is 5.82. The molecule has 1 saturated heterocycles. The van der Waals surface area contributed by atoms with Crippen LogP contribution in [0.4, 0.5) is 5.69 Å².